The first kappa shape index (κ1) is 22.8. The minimum atomic E-state index is -1.07. The molecule has 1 amide bonds. The second kappa shape index (κ2) is 9.94. The van der Waals surface area contributed by atoms with Crippen LogP contribution in [0.4, 0.5) is 4.39 Å². The van der Waals surface area contributed by atoms with E-state index in [4.69, 9.17) is 21.1 Å². The van der Waals surface area contributed by atoms with E-state index in [1.54, 1.807) is 12.1 Å². The highest BCUT2D eigenvalue weighted by Gasteiger charge is 2.46. The van der Waals surface area contributed by atoms with Crippen LogP contribution in [0.25, 0.3) is 5.76 Å². The number of aliphatic hydroxyl groups is 1. The van der Waals surface area contributed by atoms with Crippen molar-refractivity contribution < 1.29 is 28.6 Å². The Labute approximate surface area is 184 Å². The van der Waals surface area contributed by atoms with Gasteiger partial charge in [-0.2, -0.15) is 0 Å². The molecular formula is C23H23ClFNO5. The van der Waals surface area contributed by atoms with Crippen LogP contribution < -0.4 is 4.74 Å². The lowest BCUT2D eigenvalue weighted by molar-refractivity contribution is -0.140. The van der Waals surface area contributed by atoms with E-state index in [2.05, 4.69) is 0 Å². The number of aliphatic hydroxyl groups excluding tert-OH is 1. The van der Waals surface area contributed by atoms with Crippen LogP contribution >= 0.6 is 11.6 Å². The summed E-state index contributed by atoms with van der Waals surface area (Å²) in [6.07, 6.45) is 0.448. The average Bonchev–Trinajstić information content (AvgIpc) is 3.00. The number of halogens is 2. The van der Waals surface area contributed by atoms with Crippen LogP contribution in [0.1, 0.15) is 30.5 Å². The summed E-state index contributed by atoms with van der Waals surface area (Å²) in [7, 11) is 1.53. The number of benzene rings is 2. The molecule has 1 N–H and O–H groups in total. The molecule has 1 atom stereocenters. The summed E-state index contributed by atoms with van der Waals surface area (Å²) in [6.45, 7) is 2.74. The summed E-state index contributed by atoms with van der Waals surface area (Å²) in [5.41, 5.74) is 0.162. The van der Waals surface area contributed by atoms with Crippen molar-refractivity contribution in [3.63, 3.8) is 0 Å². The summed E-state index contributed by atoms with van der Waals surface area (Å²) < 4.78 is 25.1. The molecule has 8 heteroatoms. The van der Waals surface area contributed by atoms with Crippen molar-refractivity contribution in [3.05, 3.63) is 70.0 Å². The summed E-state index contributed by atoms with van der Waals surface area (Å²) in [5, 5.41) is 11.2. The molecule has 1 heterocycles. The topological polar surface area (TPSA) is 76.1 Å². The van der Waals surface area contributed by atoms with Crippen molar-refractivity contribution in [2.45, 2.75) is 19.4 Å². The van der Waals surface area contributed by atoms with Gasteiger partial charge in [-0.25, -0.2) is 4.39 Å². The standard InChI is InChI=1S/C23H23ClFNO5/c1-3-31-18-10-9-14(13-16(18)24)21(27)19-20(15-7-4-5-8-17(15)25)26(11-6-12-30-2)23(29)22(19)28/h4-5,7-10,13,20,27H,3,6,11-12H2,1-2H3/t20-/m0/s1. The minimum absolute atomic E-state index is 0.123. The molecular weight excluding hydrogens is 425 g/mol. The Kier molecular flexibility index (Phi) is 7.30. The summed E-state index contributed by atoms with van der Waals surface area (Å²) in [4.78, 5) is 26.9. The smallest absolute Gasteiger partial charge is 0.295 e. The number of rotatable bonds is 8. The maximum Gasteiger partial charge on any atom is 0.295 e. The fourth-order valence-corrected chi connectivity index (χ4v) is 3.82. The molecule has 2 aromatic carbocycles. The molecule has 2 aromatic rings. The van der Waals surface area contributed by atoms with E-state index in [1.807, 2.05) is 6.92 Å². The SMILES string of the molecule is CCOc1ccc(C(O)=C2C(=O)C(=O)N(CCCOC)[C@H]2c2ccccc2F)cc1Cl. The van der Waals surface area contributed by atoms with Crippen LogP contribution in [-0.4, -0.2) is 48.6 Å². The number of hydrogen-bond acceptors (Lipinski definition) is 5. The number of ketones is 1. The molecule has 0 aliphatic carbocycles. The Bertz CT molecular complexity index is 1020. The number of amides is 1. The van der Waals surface area contributed by atoms with E-state index >= 15 is 0 Å². The third-order valence-corrected chi connectivity index (χ3v) is 5.29. The fraction of sp³-hybridized carbons (Fsp3) is 0.304. The number of hydrogen-bond donors (Lipinski definition) is 1. The zero-order chi connectivity index (χ0) is 22.5. The molecule has 164 valence electrons. The van der Waals surface area contributed by atoms with Gasteiger partial charge in [0.05, 0.1) is 23.2 Å². The third-order valence-electron chi connectivity index (χ3n) is 4.99. The van der Waals surface area contributed by atoms with Gasteiger partial charge in [0, 0.05) is 31.4 Å². The van der Waals surface area contributed by atoms with Crippen molar-refractivity contribution in [2.75, 3.05) is 26.9 Å². The van der Waals surface area contributed by atoms with Gasteiger partial charge in [0.1, 0.15) is 17.3 Å². The van der Waals surface area contributed by atoms with Gasteiger partial charge in [-0.15, -0.1) is 0 Å². The molecule has 31 heavy (non-hydrogen) atoms. The lowest BCUT2D eigenvalue weighted by atomic mass is 9.95. The number of methoxy groups -OCH3 is 1. The molecule has 1 saturated heterocycles. The Morgan fingerprint density at radius 2 is 1.97 bits per heavy atom. The fourth-order valence-electron chi connectivity index (χ4n) is 3.59. The molecule has 0 bridgehead atoms. The van der Waals surface area contributed by atoms with Gasteiger partial charge >= 0.3 is 0 Å². The zero-order valence-corrected chi connectivity index (χ0v) is 18.0. The predicted octanol–water partition coefficient (Wildman–Crippen LogP) is 4.34. The predicted molar refractivity (Wildman–Crippen MR) is 115 cm³/mol. The minimum Gasteiger partial charge on any atom is -0.507 e. The Hall–Kier alpha value is -2.90. The third kappa shape index (κ3) is 4.57. The summed E-state index contributed by atoms with van der Waals surface area (Å²) in [5.74, 6) is -2.27. The van der Waals surface area contributed by atoms with E-state index in [-0.39, 0.29) is 28.3 Å². The highest BCUT2D eigenvalue weighted by molar-refractivity contribution is 6.46. The molecule has 0 aromatic heterocycles. The number of Topliss-reactive ketones (excluding diaryl/α,β-unsaturated/α-hetero) is 1. The van der Waals surface area contributed by atoms with Crippen LogP contribution in [-0.2, 0) is 14.3 Å². The van der Waals surface area contributed by atoms with Gasteiger partial charge in [0.2, 0.25) is 0 Å². The first-order valence-corrected chi connectivity index (χ1v) is 10.2. The number of likely N-dealkylation sites (tertiary alicyclic amines) is 1. The van der Waals surface area contributed by atoms with Crippen molar-refractivity contribution in [2.24, 2.45) is 0 Å². The van der Waals surface area contributed by atoms with Gasteiger partial charge in [-0.1, -0.05) is 29.8 Å². The van der Waals surface area contributed by atoms with Gasteiger partial charge in [-0.05, 0) is 37.6 Å². The zero-order valence-electron chi connectivity index (χ0n) is 17.2. The number of nitrogens with zero attached hydrogens (tertiary/aromatic N) is 1. The van der Waals surface area contributed by atoms with Gasteiger partial charge in [0.25, 0.3) is 11.7 Å². The Morgan fingerprint density at radius 1 is 1.23 bits per heavy atom. The first-order chi connectivity index (χ1) is 14.9. The second-order valence-corrected chi connectivity index (χ2v) is 7.35. The van der Waals surface area contributed by atoms with Crippen LogP contribution in [0, 0.1) is 5.82 Å². The van der Waals surface area contributed by atoms with E-state index in [0.29, 0.717) is 25.4 Å². The average molecular weight is 448 g/mol. The van der Waals surface area contributed by atoms with Gasteiger partial charge < -0.3 is 19.5 Å². The molecule has 0 radical (unpaired) electrons. The van der Waals surface area contributed by atoms with Crippen molar-refractivity contribution in [1.82, 2.24) is 4.90 Å². The normalized spacial score (nSPS) is 17.9. The molecule has 1 aliphatic rings. The molecule has 1 aliphatic heterocycles. The molecule has 0 saturated carbocycles. The van der Waals surface area contributed by atoms with Crippen molar-refractivity contribution >= 4 is 29.1 Å². The Balaban J connectivity index is 2.13. The van der Waals surface area contributed by atoms with Crippen LogP contribution in [0.3, 0.4) is 0 Å². The van der Waals surface area contributed by atoms with Crippen molar-refractivity contribution in [1.29, 1.82) is 0 Å². The van der Waals surface area contributed by atoms with E-state index in [9.17, 15) is 19.1 Å². The summed E-state index contributed by atoms with van der Waals surface area (Å²) in [6, 6.07) is 9.34. The van der Waals surface area contributed by atoms with Crippen LogP contribution in [0.2, 0.25) is 5.02 Å². The highest BCUT2D eigenvalue weighted by atomic mass is 35.5. The van der Waals surface area contributed by atoms with E-state index in [1.165, 1.54) is 42.3 Å². The Morgan fingerprint density at radius 3 is 2.61 bits per heavy atom. The molecule has 3 rings (SSSR count). The number of ether oxygens (including phenoxy) is 2. The second-order valence-electron chi connectivity index (χ2n) is 6.94. The first-order valence-electron chi connectivity index (χ1n) is 9.85. The van der Waals surface area contributed by atoms with Crippen LogP contribution in [0.5, 0.6) is 5.75 Å². The lowest BCUT2D eigenvalue weighted by Crippen LogP contribution is -2.31. The van der Waals surface area contributed by atoms with Crippen LogP contribution in [0.15, 0.2) is 48.0 Å². The van der Waals surface area contributed by atoms with E-state index < -0.39 is 29.3 Å². The number of carbonyl (C=O) groups is 2. The summed E-state index contributed by atoms with van der Waals surface area (Å²) >= 11 is 6.22. The maximum absolute atomic E-state index is 14.7. The molecule has 6 nitrogen and oxygen atoms in total. The van der Waals surface area contributed by atoms with Gasteiger partial charge in [-0.3, -0.25) is 9.59 Å². The largest absolute Gasteiger partial charge is 0.507 e. The molecule has 0 spiro atoms. The monoisotopic (exact) mass is 447 g/mol. The lowest BCUT2D eigenvalue weighted by Gasteiger charge is -2.25. The highest BCUT2D eigenvalue weighted by Crippen LogP contribution is 2.41. The molecule has 1 fully saturated rings. The van der Waals surface area contributed by atoms with Gasteiger partial charge in [0.15, 0.2) is 0 Å². The van der Waals surface area contributed by atoms with Crippen molar-refractivity contribution in [3.8, 4) is 5.75 Å². The quantitative estimate of drug-likeness (QED) is 0.282. The molecule has 0 unspecified atom stereocenters. The maximum atomic E-state index is 14.7. The van der Waals surface area contributed by atoms with E-state index in [0.717, 1.165) is 0 Å². The number of carbonyl (C=O) groups excluding carboxylic acids is 2.